The number of pyridine rings is 1. The summed E-state index contributed by atoms with van der Waals surface area (Å²) in [6.07, 6.45) is 3.71. The van der Waals surface area contributed by atoms with E-state index in [1.165, 1.54) is 22.7 Å². The summed E-state index contributed by atoms with van der Waals surface area (Å²) < 4.78 is 17.7. The van der Waals surface area contributed by atoms with E-state index < -0.39 is 17.7 Å². The number of aliphatic hydroxyl groups excluding tert-OH is 1. The molecule has 0 amide bonds. The van der Waals surface area contributed by atoms with Crippen LogP contribution in [-0.2, 0) is 21.6 Å². The van der Waals surface area contributed by atoms with Gasteiger partial charge in [-0.25, -0.2) is 9.78 Å². The number of phenols is 1. The smallest absolute Gasteiger partial charge is 0.349 e. The van der Waals surface area contributed by atoms with E-state index >= 15 is 0 Å². The Balaban J connectivity index is 0.922. The Hall–Kier alpha value is -3.75. The number of halogens is 1. The van der Waals surface area contributed by atoms with Gasteiger partial charge in [-0.1, -0.05) is 35.9 Å². The molecule has 0 bridgehead atoms. The summed E-state index contributed by atoms with van der Waals surface area (Å²) in [5.74, 6) is 0.735. The number of carbonyl (C=O) groups excluding carboxylic acids is 1. The number of carbonyl (C=O) groups is 1. The standard InChI is InChI=1S/C41H48ClN3O7S2/c1-26-9-14-31-30(15-16-33(46)39(31)44-26)34(47)25-43-18-17-27-23-32(42)36(24-35(27)50-3)51-20-6-19-45(2)28-10-12-29(13-11-28)52-40(48)41(49,37-7-4-21-53-37)38-8-5-22-54-38/h4-5,7-9,14-16,21-24,28-29,34,43,46-47,49H,6,10-13,17-20,25H2,1-3H3. The molecular formula is C41H48ClN3O7S2. The number of rotatable bonds is 17. The number of ether oxygens (including phenoxy) is 3. The van der Waals surface area contributed by atoms with Crippen LogP contribution in [0.4, 0.5) is 0 Å². The van der Waals surface area contributed by atoms with Crippen molar-refractivity contribution in [3.05, 3.63) is 103 Å². The van der Waals surface area contributed by atoms with Gasteiger partial charge in [0.1, 0.15) is 28.9 Å². The fourth-order valence-electron chi connectivity index (χ4n) is 7.07. The molecule has 10 nitrogen and oxygen atoms in total. The summed E-state index contributed by atoms with van der Waals surface area (Å²) in [5, 5.41) is 41.0. The number of thiophene rings is 2. The molecule has 1 atom stereocenters. The van der Waals surface area contributed by atoms with Gasteiger partial charge in [0.15, 0.2) is 0 Å². The van der Waals surface area contributed by atoms with Gasteiger partial charge in [0.05, 0.1) is 34.6 Å². The van der Waals surface area contributed by atoms with Crippen LogP contribution in [0.15, 0.2) is 71.4 Å². The van der Waals surface area contributed by atoms with Gasteiger partial charge in [-0.15, -0.1) is 22.7 Å². The highest BCUT2D eigenvalue weighted by Gasteiger charge is 2.45. The molecule has 1 saturated carbocycles. The number of hydrogen-bond donors (Lipinski definition) is 4. The van der Waals surface area contributed by atoms with Crippen LogP contribution in [-0.4, -0.2) is 83.7 Å². The van der Waals surface area contributed by atoms with E-state index in [4.69, 9.17) is 25.8 Å². The topological polar surface area (TPSA) is 134 Å². The van der Waals surface area contributed by atoms with Crippen molar-refractivity contribution in [1.82, 2.24) is 15.2 Å². The van der Waals surface area contributed by atoms with E-state index in [-0.39, 0.29) is 11.9 Å². The molecule has 3 aromatic heterocycles. The molecule has 1 unspecified atom stereocenters. The van der Waals surface area contributed by atoms with Gasteiger partial charge in [-0.05, 0) is 111 Å². The number of hydrogen-bond acceptors (Lipinski definition) is 12. The largest absolute Gasteiger partial charge is 0.506 e. The van der Waals surface area contributed by atoms with Gasteiger partial charge in [0.2, 0.25) is 5.60 Å². The van der Waals surface area contributed by atoms with E-state index in [0.29, 0.717) is 69.5 Å². The summed E-state index contributed by atoms with van der Waals surface area (Å²) in [6, 6.07) is 18.3. The molecule has 0 spiro atoms. The van der Waals surface area contributed by atoms with Crippen LogP contribution in [0.5, 0.6) is 17.2 Å². The summed E-state index contributed by atoms with van der Waals surface area (Å²) in [4.78, 5) is 21.3. The van der Waals surface area contributed by atoms with Crippen LogP contribution in [0.1, 0.15) is 64.8 Å². The fraction of sp³-hybridized carbons (Fsp3) is 0.415. The Morgan fingerprint density at radius 1 is 1.06 bits per heavy atom. The lowest BCUT2D eigenvalue weighted by Crippen LogP contribution is -2.42. The lowest BCUT2D eigenvalue weighted by molar-refractivity contribution is -0.169. The Labute approximate surface area is 329 Å². The zero-order valence-corrected chi connectivity index (χ0v) is 33.2. The first-order valence-corrected chi connectivity index (χ1v) is 20.4. The number of aromatic nitrogens is 1. The summed E-state index contributed by atoms with van der Waals surface area (Å²) in [5.41, 5.74) is 1.13. The Kier molecular flexibility index (Phi) is 13.5. The Morgan fingerprint density at radius 3 is 2.44 bits per heavy atom. The van der Waals surface area contributed by atoms with Crippen LogP contribution < -0.4 is 14.8 Å². The predicted octanol–water partition coefficient (Wildman–Crippen LogP) is 7.39. The molecular weight excluding hydrogens is 746 g/mol. The lowest BCUT2D eigenvalue weighted by atomic mass is 9.91. The van der Waals surface area contributed by atoms with Crippen molar-refractivity contribution in [2.45, 2.75) is 69.3 Å². The molecule has 288 valence electrons. The highest BCUT2D eigenvalue weighted by molar-refractivity contribution is 7.12. The molecule has 0 aliphatic heterocycles. The number of aliphatic hydroxyl groups is 2. The van der Waals surface area contributed by atoms with Crippen LogP contribution in [0.25, 0.3) is 10.9 Å². The van der Waals surface area contributed by atoms with Gasteiger partial charge in [-0.3, -0.25) is 0 Å². The zero-order chi connectivity index (χ0) is 38.2. The van der Waals surface area contributed by atoms with Crippen molar-refractivity contribution in [3.8, 4) is 17.2 Å². The number of nitrogens with zero attached hydrogens (tertiary/aromatic N) is 2. The monoisotopic (exact) mass is 793 g/mol. The summed E-state index contributed by atoms with van der Waals surface area (Å²) in [6.45, 7) is 4.10. The van der Waals surface area contributed by atoms with Crippen molar-refractivity contribution in [3.63, 3.8) is 0 Å². The minimum Gasteiger partial charge on any atom is -0.506 e. The number of nitrogens with one attached hydrogen (secondary N) is 1. The van der Waals surface area contributed by atoms with Gasteiger partial charge in [0, 0.05) is 36.3 Å². The molecule has 3 heterocycles. The molecule has 1 aliphatic carbocycles. The average molecular weight is 794 g/mol. The molecule has 4 N–H and O–H groups in total. The predicted molar refractivity (Wildman–Crippen MR) is 214 cm³/mol. The number of phenolic OH excluding ortho intramolecular Hbond substituents is 1. The number of methoxy groups -OCH3 is 1. The van der Waals surface area contributed by atoms with Gasteiger partial charge in [-0.2, -0.15) is 0 Å². The van der Waals surface area contributed by atoms with Crippen LogP contribution in [0.2, 0.25) is 5.02 Å². The van der Waals surface area contributed by atoms with Crippen LogP contribution in [0.3, 0.4) is 0 Å². The van der Waals surface area contributed by atoms with Crippen molar-refractivity contribution in [2.75, 3.05) is 40.4 Å². The summed E-state index contributed by atoms with van der Waals surface area (Å²) in [7, 11) is 3.74. The highest BCUT2D eigenvalue weighted by Crippen LogP contribution is 2.38. The normalized spacial score (nSPS) is 16.8. The first-order valence-electron chi connectivity index (χ1n) is 18.3. The third-order valence-corrected chi connectivity index (χ3v) is 12.4. The zero-order valence-electron chi connectivity index (χ0n) is 30.8. The minimum atomic E-state index is -1.78. The maximum atomic E-state index is 13.4. The molecule has 0 radical (unpaired) electrons. The Bertz CT molecular complexity index is 1950. The number of benzene rings is 2. The first-order chi connectivity index (χ1) is 26.1. The molecule has 6 rings (SSSR count). The first kappa shape index (κ1) is 39.9. The van der Waals surface area contributed by atoms with E-state index in [1.54, 1.807) is 31.4 Å². The molecule has 5 aromatic rings. The molecule has 0 saturated heterocycles. The third-order valence-electron chi connectivity index (χ3n) is 10.1. The number of aryl methyl sites for hydroxylation is 1. The van der Waals surface area contributed by atoms with E-state index in [0.717, 1.165) is 55.3 Å². The van der Waals surface area contributed by atoms with Gasteiger partial charge < -0.3 is 39.7 Å². The second-order valence-electron chi connectivity index (χ2n) is 13.8. The molecule has 54 heavy (non-hydrogen) atoms. The summed E-state index contributed by atoms with van der Waals surface area (Å²) >= 11 is 9.35. The highest BCUT2D eigenvalue weighted by atomic mass is 35.5. The molecule has 1 aliphatic rings. The number of aromatic hydroxyl groups is 1. The van der Waals surface area contributed by atoms with E-state index in [1.807, 2.05) is 54.1 Å². The van der Waals surface area contributed by atoms with E-state index in [2.05, 4.69) is 22.2 Å². The Morgan fingerprint density at radius 2 is 1.78 bits per heavy atom. The maximum Gasteiger partial charge on any atom is 0.349 e. The van der Waals surface area contributed by atoms with E-state index in [9.17, 15) is 20.1 Å². The maximum absolute atomic E-state index is 13.4. The third kappa shape index (κ3) is 9.19. The van der Waals surface area contributed by atoms with Gasteiger partial charge in [0.25, 0.3) is 0 Å². The molecule has 13 heteroatoms. The van der Waals surface area contributed by atoms with Crippen molar-refractivity contribution >= 4 is 51.1 Å². The SMILES string of the molecule is COc1cc(OCCCN(C)C2CCC(OC(=O)C(O)(c3cccs3)c3cccs3)CC2)c(Cl)cc1CCNCC(O)c1ccc(O)c2nc(C)ccc12. The van der Waals surface area contributed by atoms with Crippen molar-refractivity contribution in [2.24, 2.45) is 0 Å². The lowest BCUT2D eigenvalue weighted by Gasteiger charge is -2.35. The second-order valence-corrected chi connectivity index (χ2v) is 16.1. The molecule has 2 aromatic carbocycles. The number of fused-ring (bicyclic) bond motifs is 1. The van der Waals surface area contributed by atoms with Crippen LogP contribution in [0, 0.1) is 6.92 Å². The van der Waals surface area contributed by atoms with Crippen LogP contribution >= 0.6 is 34.3 Å². The number of esters is 1. The quantitative estimate of drug-likeness (QED) is 0.0558. The molecule has 1 fully saturated rings. The minimum absolute atomic E-state index is 0.0914. The fourth-order valence-corrected chi connectivity index (χ4v) is 9.02. The van der Waals surface area contributed by atoms with Crippen molar-refractivity contribution < 1.29 is 34.3 Å². The average Bonchev–Trinajstić information content (AvgIpc) is 3.92. The van der Waals surface area contributed by atoms with Crippen molar-refractivity contribution in [1.29, 1.82) is 0 Å². The van der Waals surface area contributed by atoms with Gasteiger partial charge >= 0.3 is 5.97 Å². The second kappa shape index (κ2) is 18.3.